The summed E-state index contributed by atoms with van der Waals surface area (Å²) in [6, 6.07) is 0. The normalized spacial score (nSPS) is 11.3. The smallest absolute Gasteiger partial charge is 0.462 e. The molecule has 0 heterocycles. The zero-order valence-electron chi connectivity index (χ0n) is 9.04. The summed E-state index contributed by atoms with van der Waals surface area (Å²) in [6.07, 6.45) is 0. The van der Waals surface area contributed by atoms with Crippen molar-refractivity contribution in [1.29, 1.82) is 0 Å². The second-order valence-corrected chi connectivity index (χ2v) is 9.60. The number of hydrogen-bond acceptors (Lipinski definition) is 5. The molecule has 81 valence electrons. The number of hydrogen-bond donors (Lipinski definition) is 0. The molecule has 0 spiro atoms. The first kappa shape index (κ1) is 13.3. The molecule has 0 aliphatic carbocycles. The van der Waals surface area contributed by atoms with Gasteiger partial charge in [0.05, 0.1) is 0 Å². The lowest BCUT2D eigenvalue weighted by Gasteiger charge is -2.20. The highest BCUT2D eigenvalue weighted by Gasteiger charge is 2.33. The molecule has 0 aliphatic heterocycles. The van der Waals surface area contributed by atoms with Crippen LogP contribution in [0.15, 0.2) is 0 Å². The highest BCUT2D eigenvalue weighted by atomic mass is 28.4. The van der Waals surface area contributed by atoms with E-state index in [4.69, 9.17) is 13.0 Å². The van der Waals surface area contributed by atoms with Crippen molar-refractivity contribution in [2.24, 2.45) is 0 Å². The Kier molecular flexibility index (Phi) is 5.02. The van der Waals surface area contributed by atoms with Crippen LogP contribution in [-0.2, 0) is 22.6 Å². The van der Waals surface area contributed by atoms with Crippen molar-refractivity contribution < 1.29 is 22.6 Å². The highest BCUT2D eigenvalue weighted by Crippen LogP contribution is 2.07. The van der Waals surface area contributed by atoms with E-state index in [0.29, 0.717) is 0 Å². The minimum atomic E-state index is -2.24. The second kappa shape index (κ2) is 5.27. The van der Waals surface area contributed by atoms with E-state index >= 15 is 0 Å². The van der Waals surface area contributed by atoms with Gasteiger partial charge in [-0.15, -0.1) is 0 Å². The van der Waals surface area contributed by atoms with Crippen molar-refractivity contribution in [2.45, 2.75) is 33.5 Å². The summed E-state index contributed by atoms with van der Waals surface area (Å²) in [5.74, 6) is -1.00. The van der Waals surface area contributed by atoms with E-state index in [1.54, 1.807) is 0 Å². The molecule has 0 unspecified atom stereocenters. The first-order valence-electron chi connectivity index (χ1n) is 4.13. The molecule has 0 aromatic carbocycles. The van der Waals surface area contributed by atoms with E-state index in [-0.39, 0.29) is 0 Å². The molecule has 0 saturated heterocycles. The van der Waals surface area contributed by atoms with E-state index in [1.165, 1.54) is 13.8 Å². The van der Waals surface area contributed by atoms with Crippen LogP contribution in [0.25, 0.3) is 0 Å². The summed E-state index contributed by atoms with van der Waals surface area (Å²) in [6.45, 7) is 8.27. The van der Waals surface area contributed by atoms with Gasteiger partial charge < -0.3 is 13.0 Å². The molecule has 1 radical (unpaired) electrons. The Bertz CT molecular complexity index is 207. The third kappa shape index (κ3) is 7.96. The predicted octanol–water partition coefficient (Wildman–Crippen LogP) is 0.949. The summed E-state index contributed by atoms with van der Waals surface area (Å²) in [4.78, 5) is 21.3. The lowest BCUT2D eigenvalue weighted by atomic mass is 10.9. The number of carbonyl (C=O) groups excluding carboxylic acids is 2. The SMILES string of the molecule is CC(=O)O[Si](OC(C)=O)O[Si](C)(C)C. The van der Waals surface area contributed by atoms with Gasteiger partial charge >= 0.3 is 9.53 Å². The molecule has 0 saturated carbocycles. The van der Waals surface area contributed by atoms with E-state index in [1.807, 2.05) is 19.6 Å². The minimum Gasteiger partial charge on any atom is -0.462 e. The Morgan fingerprint density at radius 3 is 1.57 bits per heavy atom. The molecule has 0 aliphatic rings. The lowest BCUT2D eigenvalue weighted by molar-refractivity contribution is -0.139. The maximum Gasteiger partial charge on any atom is 0.729 e. The first-order chi connectivity index (χ1) is 6.20. The molecule has 7 heteroatoms. The Labute approximate surface area is 86.4 Å². The van der Waals surface area contributed by atoms with Gasteiger partial charge in [0.15, 0.2) is 8.32 Å². The van der Waals surface area contributed by atoms with Crippen LogP contribution in [0, 0.1) is 0 Å². The van der Waals surface area contributed by atoms with Gasteiger partial charge in [-0.25, -0.2) is 0 Å². The molecule has 0 rings (SSSR count). The molecule has 0 fully saturated rings. The monoisotopic (exact) mass is 235 g/mol. The van der Waals surface area contributed by atoms with Crippen LogP contribution in [0.1, 0.15) is 13.8 Å². The molecule has 0 atom stereocenters. The second-order valence-electron chi connectivity index (χ2n) is 3.65. The van der Waals surface area contributed by atoms with Crippen LogP contribution in [0.5, 0.6) is 0 Å². The van der Waals surface area contributed by atoms with Crippen molar-refractivity contribution >= 4 is 29.8 Å². The average Bonchev–Trinajstić information content (AvgIpc) is 1.77. The predicted molar refractivity (Wildman–Crippen MR) is 53.7 cm³/mol. The van der Waals surface area contributed by atoms with Crippen LogP contribution < -0.4 is 0 Å². The maximum absolute atomic E-state index is 10.7. The average molecular weight is 235 g/mol. The van der Waals surface area contributed by atoms with E-state index in [2.05, 4.69) is 0 Å². The van der Waals surface area contributed by atoms with Crippen molar-refractivity contribution in [1.82, 2.24) is 0 Å². The van der Waals surface area contributed by atoms with Gasteiger partial charge in [0.2, 0.25) is 0 Å². The summed E-state index contributed by atoms with van der Waals surface area (Å²) >= 11 is 0. The maximum atomic E-state index is 10.7. The topological polar surface area (TPSA) is 61.8 Å². The molecule has 14 heavy (non-hydrogen) atoms. The van der Waals surface area contributed by atoms with Gasteiger partial charge in [-0.1, -0.05) is 0 Å². The zero-order chi connectivity index (χ0) is 11.4. The summed E-state index contributed by atoms with van der Waals surface area (Å²) in [7, 11) is -4.10. The third-order valence-electron chi connectivity index (χ3n) is 0.844. The highest BCUT2D eigenvalue weighted by molar-refractivity contribution is 6.75. The fraction of sp³-hybridized carbons (Fsp3) is 0.714. The molecular weight excluding hydrogens is 220 g/mol. The molecule has 0 bridgehead atoms. The third-order valence-corrected chi connectivity index (χ3v) is 4.87. The molecule has 0 N–H and O–H groups in total. The van der Waals surface area contributed by atoms with Crippen molar-refractivity contribution in [3.05, 3.63) is 0 Å². The lowest BCUT2D eigenvalue weighted by Crippen LogP contribution is -2.40. The van der Waals surface area contributed by atoms with E-state index < -0.39 is 29.8 Å². The Hall–Kier alpha value is -0.666. The fourth-order valence-corrected chi connectivity index (χ4v) is 3.39. The first-order valence-corrected chi connectivity index (χ1v) is 8.77. The standard InChI is InChI=1S/C7H15O5Si2/c1-6(8)10-13(11-7(2)9)12-14(3,4)5/h1-5H3. The molecule has 0 aromatic heterocycles. The number of rotatable bonds is 4. The quantitative estimate of drug-likeness (QED) is 0.679. The van der Waals surface area contributed by atoms with Crippen LogP contribution in [0.2, 0.25) is 19.6 Å². The van der Waals surface area contributed by atoms with Gasteiger partial charge in [0.1, 0.15) is 0 Å². The van der Waals surface area contributed by atoms with E-state index in [0.717, 1.165) is 0 Å². The summed E-state index contributed by atoms with van der Waals surface area (Å²) < 4.78 is 15.0. The van der Waals surface area contributed by atoms with Gasteiger partial charge in [-0.2, -0.15) is 0 Å². The van der Waals surface area contributed by atoms with Gasteiger partial charge in [0, 0.05) is 13.8 Å². The summed E-state index contributed by atoms with van der Waals surface area (Å²) in [5.41, 5.74) is 0. The van der Waals surface area contributed by atoms with Crippen molar-refractivity contribution in [3.8, 4) is 0 Å². The fourth-order valence-electron chi connectivity index (χ4n) is 0.547. The van der Waals surface area contributed by atoms with Gasteiger partial charge in [0.25, 0.3) is 11.9 Å². The minimum absolute atomic E-state index is 0.501. The van der Waals surface area contributed by atoms with Crippen LogP contribution in [-0.4, -0.2) is 29.8 Å². The van der Waals surface area contributed by atoms with Crippen molar-refractivity contribution in [2.75, 3.05) is 0 Å². The molecule has 5 nitrogen and oxygen atoms in total. The van der Waals surface area contributed by atoms with Crippen LogP contribution in [0.4, 0.5) is 0 Å². The van der Waals surface area contributed by atoms with Gasteiger partial charge in [-0.3, -0.25) is 9.59 Å². The van der Waals surface area contributed by atoms with Gasteiger partial charge in [-0.05, 0) is 19.6 Å². The Balaban J connectivity index is 4.24. The Morgan fingerprint density at radius 1 is 1.00 bits per heavy atom. The Morgan fingerprint density at radius 2 is 1.36 bits per heavy atom. The van der Waals surface area contributed by atoms with E-state index in [9.17, 15) is 9.59 Å². The summed E-state index contributed by atoms with van der Waals surface area (Å²) in [5, 5.41) is 0. The van der Waals surface area contributed by atoms with Crippen LogP contribution in [0.3, 0.4) is 0 Å². The van der Waals surface area contributed by atoms with Crippen molar-refractivity contribution in [3.63, 3.8) is 0 Å². The molecule has 0 amide bonds. The molecule has 0 aromatic rings. The van der Waals surface area contributed by atoms with Crippen LogP contribution >= 0.6 is 0 Å². The number of carbonyl (C=O) groups is 2. The molecular formula is C7H15O5Si2. The largest absolute Gasteiger partial charge is 0.729 e. The zero-order valence-corrected chi connectivity index (χ0v) is 11.0.